The molecule has 0 saturated carbocycles. The van der Waals surface area contributed by atoms with Crippen LogP contribution in [0.4, 0.5) is 0 Å². The lowest BCUT2D eigenvalue weighted by Gasteiger charge is -2.14. The number of unbranched alkanes of at least 4 members (excludes halogenated alkanes) is 1. The maximum atomic E-state index is 11.6. The van der Waals surface area contributed by atoms with E-state index in [2.05, 4.69) is 12.2 Å². The first-order chi connectivity index (χ1) is 10.6. The number of carbonyl (C=O) groups is 3. The van der Waals surface area contributed by atoms with Crippen LogP contribution < -0.4 is 5.32 Å². The van der Waals surface area contributed by atoms with Crippen molar-refractivity contribution in [1.82, 2.24) is 10.2 Å². The molecular weight excluding hydrogens is 284 g/mol. The summed E-state index contributed by atoms with van der Waals surface area (Å²) in [6.07, 6.45) is 2.62. The lowest BCUT2D eigenvalue weighted by Crippen LogP contribution is -2.33. The molecule has 6 nitrogen and oxygen atoms in total. The van der Waals surface area contributed by atoms with E-state index in [4.69, 9.17) is 4.74 Å². The molecule has 3 amide bonds. The molecule has 1 aliphatic heterocycles. The van der Waals surface area contributed by atoms with Gasteiger partial charge in [0.25, 0.3) is 0 Å². The van der Waals surface area contributed by atoms with Gasteiger partial charge in [0.15, 0.2) is 0 Å². The Morgan fingerprint density at radius 2 is 2.05 bits per heavy atom. The smallest absolute Gasteiger partial charge is 0.232 e. The maximum absolute atomic E-state index is 11.6. The number of carbonyl (C=O) groups excluding carboxylic acids is 3. The maximum Gasteiger partial charge on any atom is 0.232 e. The van der Waals surface area contributed by atoms with Crippen LogP contribution >= 0.6 is 0 Å². The van der Waals surface area contributed by atoms with Crippen LogP contribution in [0, 0.1) is 5.92 Å². The Kier molecular flexibility index (Phi) is 11.4. The van der Waals surface area contributed by atoms with Crippen molar-refractivity contribution < 1.29 is 20.5 Å². The molecule has 0 aromatic carbocycles. The van der Waals surface area contributed by atoms with E-state index in [0.717, 1.165) is 12.8 Å². The van der Waals surface area contributed by atoms with Crippen molar-refractivity contribution in [2.45, 2.75) is 53.4 Å². The summed E-state index contributed by atoms with van der Waals surface area (Å²) in [5.74, 6) is -0.508. The monoisotopic (exact) mass is 316 g/mol. The van der Waals surface area contributed by atoms with Gasteiger partial charge in [-0.1, -0.05) is 34.1 Å². The summed E-state index contributed by atoms with van der Waals surface area (Å²) >= 11 is 0. The molecule has 1 atom stereocenters. The molecule has 1 unspecified atom stereocenters. The number of nitrogens with zero attached hydrogens (tertiary/aromatic N) is 1. The van der Waals surface area contributed by atoms with Crippen LogP contribution in [0.25, 0.3) is 0 Å². The lowest BCUT2D eigenvalue weighted by atomic mass is 10.1. The van der Waals surface area contributed by atoms with E-state index in [1.165, 1.54) is 4.90 Å². The highest BCUT2D eigenvalue weighted by Gasteiger charge is 2.34. The van der Waals surface area contributed by atoms with Crippen LogP contribution in [0.2, 0.25) is 0 Å². The highest BCUT2D eigenvalue weighted by atomic mass is 16.5. The molecule has 1 rings (SSSR count). The summed E-state index contributed by atoms with van der Waals surface area (Å²) in [5, 5.41) is 2.80. The Morgan fingerprint density at radius 3 is 2.59 bits per heavy atom. The van der Waals surface area contributed by atoms with Crippen LogP contribution in [0.1, 0.15) is 54.8 Å². The van der Waals surface area contributed by atoms with Crippen molar-refractivity contribution in [2.24, 2.45) is 5.92 Å². The topological polar surface area (TPSA) is 75.7 Å². The second-order valence-electron chi connectivity index (χ2n) is 5.05. The summed E-state index contributed by atoms with van der Waals surface area (Å²) in [5.41, 5.74) is 0. The average Bonchev–Trinajstić information content (AvgIpc) is 2.75. The molecule has 130 valence electrons. The average molecular weight is 316 g/mol. The Bertz CT molecular complexity index is 364. The minimum Gasteiger partial charge on any atom is -0.379 e. The fourth-order valence-corrected chi connectivity index (χ4v) is 2.00. The molecule has 0 spiro atoms. The van der Waals surface area contributed by atoms with Gasteiger partial charge < -0.3 is 10.1 Å². The van der Waals surface area contributed by atoms with Crippen molar-refractivity contribution in [3.05, 3.63) is 0 Å². The third-order valence-corrected chi connectivity index (χ3v) is 3.25. The van der Waals surface area contributed by atoms with Crippen molar-refractivity contribution in [1.29, 1.82) is 0 Å². The molecule has 0 aliphatic carbocycles. The van der Waals surface area contributed by atoms with Crippen LogP contribution in [0.3, 0.4) is 0 Å². The normalized spacial score (nSPS) is 17.3. The molecule has 1 heterocycles. The number of hydrogen-bond donors (Lipinski definition) is 1. The van der Waals surface area contributed by atoms with Crippen LogP contribution in [0.15, 0.2) is 0 Å². The summed E-state index contributed by atoms with van der Waals surface area (Å²) in [4.78, 5) is 35.7. The van der Waals surface area contributed by atoms with Crippen LogP contribution in [0.5, 0.6) is 0 Å². The SMILES string of the molecule is CC.CCCCNC(=O)CCOCCN1C(=O)CC(C)C1=O.[HH]. The standard InChI is InChI=1S/C14H24N2O4.C2H6.H2/c1-3-4-6-15-12(17)5-8-20-9-7-16-13(18)10-11(2)14(16)19;1-2;/h11H,3-10H2,1-2H3,(H,15,17);1-2H3;1H. The molecule has 1 saturated heterocycles. The molecule has 6 heteroatoms. The van der Waals surface area contributed by atoms with Crippen molar-refractivity contribution in [3.8, 4) is 0 Å². The summed E-state index contributed by atoms with van der Waals surface area (Å²) in [6, 6.07) is 0. The summed E-state index contributed by atoms with van der Waals surface area (Å²) in [7, 11) is 0. The first-order valence-electron chi connectivity index (χ1n) is 8.25. The number of nitrogens with one attached hydrogen (secondary N) is 1. The number of likely N-dealkylation sites (tertiary alicyclic amines) is 1. The third-order valence-electron chi connectivity index (χ3n) is 3.25. The molecule has 1 aliphatic rings. The molecule has 0 aromatic rings. The second kappa shape index (κ2) is 12.1. The van der Waals surface area contributed by atoms with Gasteiger partial charge in [-0.3, -0.25) is 19.3 Å². The number of rotatable bonds is 9. The zero-order chi connectivity index (χ0) is 17.0. The van der Waals surface area contributed by atoms with E-state index >= 15 is 0 Å². The first kappa shape index (κ1) is 20.6. The zero-order valence-corrected chi connectivity index (χ0v) is 14.3. The van der Waals surface area contributed by atoms with Gasteiger partial charge in [0.1, 0.15) is 0 Å². The van der Waals surface area contributed by atoms with Crippen LogP contribution in [-0.2, 0) is 19.1 Å². The fourth-order valence-electron chi connectivity index (χ4n) is 2.00. The molecular formula is C16H32N2O4. The second-order valence-corrected chi connectivity index (χ2v) is 5.05. The molecule has 0 aromatic heterocycles. The van der Waals surface area contributed by atoms with Gasteiger partial charge in [0.2, 0.25) is 17.7 Å². The number of amides is 3. The highest BCUT2D eigenvalue weighted by molar-refractivity contribution is 6.03. The Morgan fingerprint density at radius 1 is 1.36 bits per heavy atom. The van der Waals surface area contributed by atoms with Gasteiger partial charge in [-0.05, 0) is 6.42 Å². The summed E-state index contributed by atoms with van der Waals surface area (Å²) < 4.78 is 5.30. The number of imide groups is 1. The fraction of sp³-hybridized carbons (Fsp3) is 0.812. The van der Waals surface area contributed by atoms with Crippen molar-refractivity contribution in [2.75, 3.05) is 26.3 Å². The summed E-state index contributed by atoms with van der Waals surface area (Å²) in [6.45, 7) is 9.39. The molecule has 0 radical (unpaired) electrons. The molecule has 1 fully saturated rings. The van der Waals surface area contributed by atoms with E-state index in [1.807, 2.05) is 13.8 Å². The number of ether oxygens (including phenoxy) is 1. The van der Waals surface area contributed by atoms with Crippen LogP contribution in [-0.4, -0.2) is 48.9 Å². The van der Waals surface area contributed by atoms with E-state index in [-0.39, 0.29) is 38.2 Å². The predicted octanol–water partition coefficient (Wildman–Crippen LogP) is 1.98. The Balaban J connectivity index is 0. The van der Waals surface area contributed by atoms with Gasteiger partial charge in [-0.2, -0.15) is 0 Å². The largest absolute Gasteiger partial charge is 0.379 e. The molecule has 22 heavy (non-hydrogen) atoms. The van der Waals surface area contributed by atoms with Gasteiger partial charge in [-0.15, -0.1) is 0 Å². The van der Waals surface area contributed by atoms with Gasteiger partial charge in [0.05, 0.1) is 19.8 Å². The van der Waals surface area contributed by atoms with Gasteiger partial charge in [0, 0.05) is 26.7 Å². The van der Waals surface area contributed by atoms with Gasteiger partial charge in [-0.25, -0.2) is 0 Å². The number of hydrogen-bond acceptors (Lipinski definition) is 4. The van der Waals surface area contributed by atoms with Gasteiger partial charge >= 0.3 is 0 Å². The molecule has 1 N–H and O–H groups in total. The molecule has 0 bridgehead atoms. The lowest BCUT2D eigenvalue weighted by molar-refractivity contribution is -0.140. The third kappa shape index (κ3) is 7.54. The Labute approximate surface area is 135 Å². The minimum absolute atomic E-state index is 0. The van der Waals surface area contributed by atoms with Crippen molar-refractivity contribution in [3.63, 3.8) is 0 Å². The quantitative estimate of drug-likeness (QED) is 0.521. The van der Waals surface area contributed by atoms with E-state index in [1.54, 1.807) is 6.92 Å². The predicted molar refractivity (Wildman–Crippen MR) is 87.3 cm³/mol. The van der Waals surface area contributed by atoms with Crippen molar-refractivity contribution >= 4 is 17.7 Å². The van der Waals surface area contributed by atoms with E-state index in [0.29, 0.717) is 26.0 Å². The Hall–Kier alpha value is -1.43. The van der Waals surface area contributed by atoms with E-state index < -0.39 is 0 Å². The van der Waals surface area contributed by atoms with E-state index in [9.17, 15) is 14.4 Å². The first-order valence-corrected chi connectivity index (χ1v) is 8.25. The minimum atomic E-state index is -0.216. The highest BCUT2D eigenvalue weighted by Crippen LogP contribution is 2.17. The zero-order valence-electron chi connectivity index (χ0n) is 14.3.